The van der Waals surface area contributed by atoms with E-state index in [1.165, 1.54) is 0 Å². The zero-order valence-electron chi connectivity index (χ0n) is 4.44. The highest BCUT2D eigenvalue weighted by atomic mass is 16.3. The molecule has 0 aliphatic rings. The van der Waals surface area contributed by atoms with Crippen LogP contribution in [-0.2, 0) is 9.90 Å². The Morgan fingerprint density at radius 1 is 1.57 bits per heavy atom. The Morgan fingerprint density at radius 3 is 2.29 bits per heavy atom. The van der Waals surface area contributed by atoms with Gasteiger partial charge in [-0.05, 0) is 6.42 Å². The van der Waals surface area contributed by atoms with Crippen molar-refractivity contribution in [2.75, 3.05) is 6.61 Å². The predicted octanol–water partition coefficient (Wildman–Crippen LogP) is 0.786. The molecule has 0 bridgehead atoms. The number of ketones is 1. The van der Waals surface area contributed by atoms with Crippen LogP contribution < -0.4 is 0 Å². The van der Waals surface area contributed by atoms with Crippen molar-refractivity contribution in [3.05, 3.63) is 0 Å². The van der Waals surface area contributed by atoms with Gasteiger partial charge in [-0.2, -0.15) is 0 Å². The molecular formula is C5H9O2. The summed E-state index contributed by atoms with van der Waals surface area (Å²) in [7, 11) is 0. The van der Waals surface area contributed by atoms with Crippen LogP contribution in [-0.4, -0.2) is 12.4 Å². The molecule has 0 rings (SSSR count). The number of Topliss-reactive ketones (excluding diaryl/α,β-unsaturated/α-hetero) is 1. The SMILES string of the molecule is CCCC(=O)C[O]. The van der Waals surface area contributed by atoms with Crippen molar-refractivity contribution in [2.45, 2.75) is 19.8 Å². The molecule has 0 atom stereocenters. The molecule has 0 spiro atoms. The van der Waals surface area contributed by atoms with Gasteiger partial charge >= 0.3 is 0 Å². The molecule has 7 heavy (non-hydrogen) atoms. The minimum absolute atomic E-state index is 0.178. The maximum Gasteiger partial charge on any atom is 0.161 e. The molecule has 0 amide bonds. The van der Waals surface area contributed by atoms with Gasteiger partial charge in [0.05, 0.1) is 0 Å². The third-order valence-electron chi connectivity index (χ3n) is 0.690. The topological polar surface area (TPSA) is 37.0 Å². The summed E-state index contributed by atoms with van der Waals surface area (Å²) < 4.78 is 0. The van der Waals surface area contributed by atoms with Gasteiger partial charge in [-0.1, -0.05) is 6.92 Å². The molecule has 0 saturated heterocycles. The van der Waals surface area contributed by atoms with Gasteiger partial charge in [0, 0.05) is 6.42 Å². The number of rotatable bonds is 3. The van der Waals surface area contributed by atoms with E-state index in [-0.39, 0.29) is 5.78 Å². The molecule has 0 N–H and O–H groups in total. The molecule has 0 heterocycles. The summed E-state index contributed by atoms with van der Waals surface area (Å²) in [6.07, 6.45) is 1.24. The highest BCUT2D eigenvalue weighted by Crippen LogP contribution is 1.85. The van der Waals surface area contributed by atoms with E-state index in [0.717, 1.165) is 6.42 Å². The van der Waals surface area contributed by atoms with E-state index in [1.807, 2.05) is 6.92 Å². The molecule has 0 aromatic heterocycles. The molecule has 2 nitrogen and oxygen atoms in total. The largest absolute Gasteiger partial charge is 0.297 e. The zero-order valence-corrected chi connectivity index (χ0v) is 4.44. The van der Waals surface area contributed by atoms with Gasteiger partial charge in [-0.25, -0.2) is 5.11 Å². The summed E-state index contributed by atoms with van der Waals surface area (Å²) in [6.45, 7) is 1.33. The van der Waals surface area contributed by atoms with Crippen molar-refractivity contribution >= 4 is 5.78 Å². The molecule has 0 aromatic carbocycles. The molecule has 0 aliphatic heterocycles. The molecule has 0 fully saturated rings. The van der Waals surface area contributed by atoms with Gasteiger partial charge in [-0.15, -0.1) is 0 Å². The second kappa shape index (κ2) is 3.81. The third-order valence-corrected chi connectivity index (χ3v) is 0.690. The lowest BCUT2D eigenvalue weighted by Gasteiger charge is -1.85. The maximum absolute atomic E-state index is 10.1. The van der Waals surface area contributed by atoms with E-state index >= 15 is 0 Å². The molecule has 0 aliphatic carbocycles. The monoisotopic (exact) mass is 101 g/mol. The first-order chi connectivity index (χ1) is 3.31. The van der Waals surface area contributed by atoms with Gasteiger partial charge in [0.25, 0.3) is 0 Å². The highest BCUT2D eigenvalue weighted by molar-refractivity contribution is 5.79. The van der Waals surface area contributed by atoms with Gasteiger partial charge in [0.15, 0.2) is 5.78 Å². The Balaban J connectivity index is 3.00. The van der Waals surface area contributed by atoms with Crippen molar-refractivity contribution in [2.24, 2.45) is 0 Å². The number of carbonyl (C=O) groups excluding carboxylic acids is 1. The predicted molar refractivity (Wildman–Crippen MR) is 25.5 cm³/mol. The first kappa shape index (κ1) is 6.63. The minimum Gasteiger partial charge on any atom is -0.297 e. The summed E-state index contributed by atoms with van der Waals surface area (Å²) in [6, 6.07) is 0. The Labute approximate surface area is 43.2 Å². The average molecular weight is 101 g/mol. The molecule has 0 aromatic rings. The van der Waals surface area contributed by atoms with Crippen LogP contribution >= 0.6 is 0 Å². The summed E-state index contributed by atoms with van der Waals surface area (Å²) >= 11 is 0. The first-order valence-electron chi connectivity index (χ1n) is 2.41. The van der Waals surface area contributed by atoms with Crippen LogP contribution in [0.4, 0.5) is 0 Å². The van der Waals surface area contributed by atoms with Crippen molar-refractivity contribution in [1.82, 2.24) is 0 Å². The molecular weight excluding hydrogens is 92.1 g/mol. The van der Waals surface area contributed by atoms with Crippen LogP contribution in [0.1, 0.15) is 19.8 Å². The number of hydrogen-bond donors (Lipinski definition) is 0. The third kappa shape index (κ3) is 3.46. The van der Waals surface area contributed by atoms with E-state index < -0.39 is 6.61 Å². The fourth-order valence-electron chi connectivity index (χ4n) is 0.351. The van der Waals surface area contributed by atoms with Crippen molar-refractivity contribution in [1.29, 1.82) is 0 Å². The number of carbonyl (C=O) groups is 1. The lowest BCUT2D eigenvalue weighted by atomic mass is 10.2. The standard InChI is InChI=1S/C5H9O2/c1-2-3-5(7)4-6/h2-4H2,1H3. The van der Waals surface area contributed by atoms with Crippen molar-refractivity contribution in [3.8, 4) is 0 Å². The molecule has 0 saturated carbocycles. The van der Waals surface area contributed by atoms with E-state index in [9.17, 15) is 9.90 Å². The van der Waals surface area contributed by atoms with Gasteiger partial charge in [0.1, 0.15) is 6.61 Å². The molecule has 0 unspecified atom stereocenters. The van der Waals surface area contributed by atoms with Crippen LogP contribution in [0.25, 0.3) is 0 Å². The van der Waals surface area contributed by atoms with Crippen LogP contribution in [0.15, 0.2) is 0 Å². The molecule has 41 valence electrons. The van der Waals surface area contributed by atoms with E-state index in [2.05, 4.69) is 0 Å². The number of hydrogen-bond acceptors (Lipinski definition) is 1. The fraction of sp³-hybridized carbons (Fsp3) is 0.800. The smallest absolute Gasteiger partial charge is 0.161 e. The van der Waals surface area contributed by atoms with Crippen LogP contribution in [0.5, 0.6) is 0 Å². The van der Waals surface area contributed by atoms with Gasteiger partial charge in [0.2, 0.25) is 0 Å². The zero-order chi connectivity index (χ0) is 5.70. The summed E-state index contributed by atoms with van der Waals surface area (Å²) in [5, 5.41) is 9.67. The molecule has 2 heteroatoms. The quantitative estimate of drug-likeness (QED) is 0.517. The second-order valence-corrected chi connectivity index (χ2v) is 1.43. The van der Waals surface area contributed by atoms with Crippen LogP contribution in [0.3, 0.4) is 0 Å². The normalized spacial score (nSPS) is 8.86. The van der Waals surface area contributed by atoms with Crippen molar-refractivity contribution in [3.63, 3.8) is 0 Å². The highest BCUT2D eigenvalue weighted by Gasteiger charge is 1.94. The van der Waals surface area contributed by atoms with E-state index in [1.54, 1.807) is 0 Å². The van der Waals surface area contributed by atoms with E-state index in [4.69, 9.17) is 0 Å². The van der Waals surface area contributed by atoms with Crippen LogP contribution in [0, 0.1) is 0 Å². The Kier molecular flexibility index (Phi) is 3.61. The summed E-state index contributed by atoms with van der Waals surface area (Å²) in [5.41, 5.74) is 0. The fourth-order valence-corrected chi connectivity index (χ4v) is 0.351. The average Bonchev–Trinajstić information content (AvgIpc) is 1.68. The minimum atomic E-state index is -0.548. The maximum atomic E-state index is 10.1. The molecule has 1 radical (unpaired) electrons. The lowest BCUT2D eigenvalue weighted by Crippen LogP contribution is -1.99. The lowest BCUT2D eigenvalue weighted by molar-refractivity contribution is -0.123. The van der Waals surface area contributed by atoms with E-state index in [0.29, 0.717) is 6.42 Å². The second-order valence-electron chi connectivity index (χ2n) is 1.43. The van der Waals surface area contributed by atoms with Crippen LogP contribution in [0.2, 0.25) is 0 Å². The summed E-state index contributed by atoms with van der Waals surface area (Å²) in [5.74, 6) is -0.178. The first-order valence-corrected chi connectivity index (χ1v) is 2.41. The Hall–Kier alpha value is -0.370. The summed E-state index contributed by atoms with van der Waals surface area (Å²) in [4.78, 5) is 10.1. The van der Waals surface area contributed by atoms with Gasteiger partial charge < -0.3 is 0 Å². The Bertz CT molecular complexity index is 59.1. The Morgan fingerprint density at radius 2 is 2.14 bits per heavy atom. The van der Waals surface area contributed by atoms with Crippen molar-refractivity contribution < 1.29 is 9.90 Å². The van der Waals surface area contributed by atoms with Gasteiger partial charge in [-0.3, -0.25) is 4.79 Å².